The van der Waals surface area contributed by atoms with Crippen LogP contribution in [0.4, 0.5) is 0 Å². The molecule has 0 aliphatic carbocycles. The Labute approximate surface area is 127 Å². The summed E-state index contributed by atoms with van der Waals surface area (Å²) in [5, 5.41) is 6.56. The molecule has 2 rings (SSSR count). The van der Waals surface area contributed by atoms with Gasteiger partial charge in [0.15, 0.2) is 0 Å². The third-order valence-corrected chi connectivity index (χ3v) is 4.04. The van der Waals surface area contributed by atoms with Gasteiger partial charge in [-0.3, -0.25) is 4.79 Å². The Balaban J connectivity index is 0.00000200. The molecule has 1 saturated heterocycles. The molecule has 1 aliphatic rings. The first-order valence-electron chi connectivity index (χ1n) is 7.32. The molecule has 3 nitrogen and oxygen atoms in total. The van der Waals surface area contributed by atoms with Crippen LogP contribution in [-0.4, -0.2) is 25.0 Å². The number of halogens is 1. The summed E-state index contributed by atoms with van der Waals surface area (Å²) < 4.78 is 0. The first-order valence-corrected chi connectivity index (χ1v) is 7.32. The van der Waals surface area contributed by atoms with Gasteiger partial charge >= 0.3 is 0 Å². The highest BCUT2D eigenvalue weighted by Crippen LogP contribution is 2.15. The molecule has 2 atom stereocenters. The molecular weight excluding hydrogens is 272 g/mol. The van der Waals surface area contributed by atoms with E-state index in [2.05, 4.69) is 24.5 Å². The van der Waals surface area contributed by atoms with Crippen LogP contribution in [0.25, 0.3) is 0 Å². The summed E-state index contributed by atoms with van der Waals surface area (Å²) in [4.78, 5) is 12.3. The first kappa shape index (κ1) is 17.0. The van der Waals surface area contributed by atoms with Crippen LogP contribution < -0.4 is 10.6 Å². The van der Waals surface area contributed by atoms with Gasteiger partial charge in [-0.1, -0.05) is 25.1 Å². The van der Waals surface area contributed by atoms with Gasteiger partial charge in [0.1, 0.15) is 0 Å². The van der Waals surface area contributed by atoms with E-state index in [1.165, 1.54) is 12.8 Å². The number of rotatable bonds is 4. The topological polar surface area (TPSA) is 41.1 Å². The van der Waals surface area contributed by atoms with E-state index in [0.717, 1.165) is 30.6 Å². The van der Waals surface area contributed by atoms with Crippen LogP contribution in [0.15, 0.2) is 24.3 Å². The summed E-state index contributed by atoms with van der Waals surface area (Å²) >= 11 is 0. The molecule has 20 heavy (non-hydrogen) atoms. The first-order chi connectivity index (χ1) is 9.22. The molecule has 0 radical (unpaired) electrons. The zero-order valence-electron chi connectivity index (χ0n) is 12.3. The third kappa shape index (κ3) is 4.22. The van der Waals surface area contributed by atoms with Crippen molar-refractivity contribution in [1.29, 1.82) is 0 Å². The largest absolute Gasteiger partial charge is 0.349 e. The summed E-state index contributed by atoms with van der Waals surface area (Å²) in [6.07, 6.45) is 3.29. The Kier molecular flexibility index (Phi) is 7.03. The lowest BCUT2D eigenvalue weighted by Crippen LogP contribution is -2.44. The van der Waals surface area contributed by atoms with Crippen molar-refractivity contribution >= 4 is 18.3 Å². The van der Waals surface area contributed by atoms with Crippen molar-refractivity contribution in [2.45, 2.75) is 39.2 Å². The van der Waals surface area contributed by atoms with Crippen LogP contribution in [0.5, 0.6) is 0 Å². The van der Waals surface area contributed by atoms with Crippen molar-refractivity contribution in [3.05, 3.63) is 35.4 Å². The zero-order chi connectivity index (χ0) is 13.7. The van der Waals surface area contributed by atoms with Crippen molar-refractivity contribution in [3.8, 4) is 0 Å². The smallest absolute Gasteiger partial charge is 0.251 e. The summed E-state index contributed by atoms with van der Waals surface area (Å²) in [6.45, 7) is 6.32. The molecular formula is C16H25ClN2O. The van der Waals surface area contributed by atoms with Crippen LogP contribution in [0.3, 0.4) is 0 Å². The molecule has 1 fully saturated rings. The number of benzene rings is 1. The Bertz CT molecular complexity index is 430. The van der Waals surface area contributed by atoms with Crippen molar-refractivity contribution in [3.63, 3.8) is 0 Å². The standard InChI is InChI=1S/C16H24N2O.ClH/c1-3-13-7-4-5-9-15(13)16(19)18-12(2)14-8-6-10-17-11-14;/h4-5,7,9,12,14,17H,3,6,8,10-11H2,1-2H3,(H,18,19);1H. The van der Waals surface area contributed by atoms with Crippen LogP contribution in [0.2, 0.25) is 0 Å². The van der Waals surface area contributed by atoms with Gasteiger partial charge in [-0.2, -0.15) is 0 Å². The van der Waals surface area contributed by atoms with Gasteiger partial charge in [0.2, 0.25) is 0 Å². The maximum Gasteiger partial charge on any atom is 0.251 e. The van der Waals surface area contributed by atoms with Gasteiger partial charge < -0.3 is 10.6 Å². The number of nitrogens with one attached hydrogen (secondary N) is 2. The Morgan fingerprint density at radius 2 is 2.20 bits per heavy atom. The average Bonchev–Trinajstić information content (AvgIpc) is 2.48. The number of piperidine rings is 1. The number of hydrogen-bond acceptors (Lipinski definition) is 2. The summed E-state index contributed by atoms with van der Waals surface area (Å²) in [7, 11) is 0. The third-order valence-electron chi connectivity index (χ3n) is 4.04. The lowest BCUT2D eigenvalue weighted by atomic mass is 9.92. The quantitative estimate of drug-likeness (QED) is 0.897. The van der Waals surface area contributed by atoms with Gasteiger partial charge in [-0.15, -0.1) is 12.4 Å². The number of amides is 1. The molecule has 0 spiro atoms. The zero-order valence-corrected chi connectivity index (χ0v) is 13.1. The highest BCUT2D eigenvalue weighted by molar-refractivity contribution is 5.95. The van der Waals surface area contributed by atoms with E-state index in [-0.39, 0.29) is 24.4 Å². The van der Waals surface area contributed by atoms with E-state index in [1.807, 2.05) is 24.3 Å². The second-order valence-electron chi connectivity index (χ2n) is 5.38. The predicted octanol–water partition coefficient (Wildman–Crippen LogP) is 2.79. The molecule has 1 heterocycles. The molecule has 0 bridgehead atoms. The maximum atomic E-state index is 12.3. The minimum absolute atomic E-state index is 0. The van der Waals surface area contributed by atoms with Gasteiger partial charge in [-0.25, -0.2) is 0 Å². The minimum atomic E-state index is 0. The summed E-state index contributed by atoms with van der Waals surface area (Å²) in [6, 6.07) is 8.09. The van der Waals surface area contributed by atoms with Crippen molar-refractivity contribution in [2.24, 2.45) is 5.92 Å². The SMILES string of the molecule is CCc1ccccc1C(=O)NC(C)C1CCCNC1.Cl. The molecule has 2 N–H and O–H groups in total. The van der Waals surface area contributed by atoms with E-state index >= 15 is 0 Å². The van der Waals surface area contributed by atoms with E-state index in [1.54, 1.807) is 0 Å². The van der Waals surface area contributed by atoms with Crippen LogP contribution in [-0.2, 0) is 6.42 Å². The second kappa shape index (κ2) is 8.28. The number of carbonyl (C=O) groups is 1. The summed E-state index contributed by atoms with van der Waals surface area (Å²) in [5.74, 6) is 0.613. The van der Waals surface area contributed by atoms with Crippen molar-refractivity contribution < 1.29 is 4.79 Å². The lowest BCUT2D eigenvalue weighted by molar-refractivity contribution is 0.0921. The molecule has 112 valence electrons. The van der Waals surface area contributed by atoms with Gasteiger partial charge in [0.05, 0.1) is 0 Å². The monoisotopic (exact) mass is 296 g/mol. The maximum absolute atomic E-state index is 12.3. The van der Waals surface area contributed by atoms with Crippen molar-refractivity contribution in [2.75, 3.05) is 13.1 Å². The van der Waals surface area contributed by atoms with E-state index in [4.69, 9.17) is 0 Å². The molecule has 1 aromatic carbocycles. The van der Waals surface area contributed by atoms with Gasteiger partial charge in [-0.05, 0) is 56.8 Å². The van der Waals surface area contributed by atoms with Gasteiger partial charge in [0.25, 0.3) is 5.91 Å². The fourth-order valence-electron chi connectivity index (χ4n) is 2.76. The molecule has 1 aromatic rings. The average molecular weight is 297 g/mol. The minimum Gasteiger partial charge on any atom is -0.349 e. The Morgan fingerprint density at radius 1 is 1.45 bits per heavy atom. The number of carbonyl (C=O) groups excluding carboxylic acids is 1. The van der Waals surface area contributed by atoms with E-state index in [9.17, 15) is 4.79 Å². The molecule has 0 aromatic heterocycles. The Morgan fingerprint density at radius 3 is 2.85 bits per heavy atom. The van der Waals surface area contributed by atoms with Crippen LogP contribution in [0, 0.1) is 5.92 Å². The number of hydrogen-bond donors (Lipinski definition) is 2. The van der Waals surface area contributed by atoms with Gasteiger partial charge in [0, 0.05) is 11.6 Å². The molecule has 4 heteroatoms. The van der Waals surface area contributed by atoms with Crippen LogP contribution in [0.1, 0.15) is 42.6 Å². The predicted molar refractivity (Wildman–Crippen MR) is 85.6 cm³/mol. The summed E-state index contributed by atoms with van der Waals surface area (Å²) in [5.41, 5.74) is 1.94. The molecule has 2 unspecified atom stereocenters. The highest BCUT2D eigenvalue weighted by Gasteiger charge is 2.22. The van der Waals surface area contributed by atoms with E-state index < -0.39 is 0 Å². The number of aryl methyl sites for hydroxylation is 1. The molecule has 1 amide bonds. The normalized spacial score (nSPS) is 19.8. The molecule has 1 aliphatic heterocycles. The van der Waals surface area contributed by atoms with E-state index in [0.29, 0.717) is 5.92 Å². The lowest BCUT2D eigenvalue weighted by Gasteiger charge is -2.29. The van der Waals surface area contributed by atoms with Crippen molar-refractivity contribution in [1.82, 2.24) is 10.6 Å². The Hall–Kier alpha value is -1.06. The fraction of sp³-hybridized carbons (Fsp3) is 0.562. The second-order valence-corrected chi connectivity index (χ2v) is 5.38. The van der Waals surface area contributed by atoms with Crippen LogP contribution >= 0.6 is 12.4 Å². The fourth-order valence-corrected chi connectivity index (χ4v) is 2.76. The molecule has 0 saturated carbocycles. The highest BCUT2D eigenvalue weighted by atomic mass is 35.5.